The molecule has 0 bridgehead atoms. The van der Waals surface area contributed by atoms with Crippen LogP contribution in [0.3, 0.4) is 0 Å². The molecule has 3 aliphatic rings. The Kier molecular flexibility index (Phi) is 6.26. The number of benzene rings is 2. The smallest absolute Gasteiger partial charge is 0.407 e. The van der Waals surface area contributed by atoms with Crippen LogP contribution in [0, 0.1) is 17.3 Å². The Morgan fingerprint density at radius 2 is 1.71 bits per heavy atom. The predicted octanol–water partition coefficient (Wildman–Crippen LogP) is 4.26. The minimum Gasteiger partial charge on any atom is -0.481 e. The van der Waals surface area contributed by atoms with E-state index < -0.39 is 18.0 Å². The lowest BCUT2D eigenvalue weighted by molar-refractivity contribution is -0.143. The van der Waals surface area contributed by atoms with Crippen molar-refractivity contribution < 1.29 is 24.2 Å². The summed E-state index contributed by atoms with van der Waals surface area (Å²) in [6.07, 6.45) is 2.34. The lowest BCUT2D eigenvalue weighted by Crippen LogP contribution is -2.32. The van der Waals surface area contributed by atoms with Gasteiger partial charge in [-0.05, 0) is 47.4 Å². The van der Waals surface area contributed by atoms with Crippen LogP contribution in [0.2, 0.25) is 0 Å². The van der Waals surface area contributed by atoms with E-state index >= 15 is 0 Å². The van der Waals surface area contributed by atoms with Crippen LogP contribution < -0.4 is 5.32 Å². The predicted molar refractivity (Wildman–Crippen MR) is 131 cm³/mol. The molecule has 1 heterocycles. The van der Waals surface area contributed by atoms with E-state index in [9.17, 15) is 19.5 Å². The number of nitrogens with one attached hydrogen (secondary N) is 1. The first-order valence-electron chi connectivity index (χ1n) is 12.5. The average Bonchev–Trinajstić information content (AvgIpc) is 3.39. The third-order valence-electron chi connectivity index (χ3n) is 7.96. The topological polar surface area (TPSA) is 95.9 Å². The molecular weight excluding hydrogens is 444 g/mol. The Morgan fingerprint density at radius 3 is 2.29 bits per heavy atom. The minimum absolute atomic E-state index is 0.00802. The number of hydrogen-bond acceptors (Lipinski definition) is 4. The molecule has 2 fully saturated rings. The maximum atomic E-state index is 12.7. The number of nitrogens with zero attached hydrogens (tertiary/aromatic N) is 1. The van der Waals surface area contributed by atoms with Gasteiger partial charge >= 0.3 is 12.1 Å². The maximum Gasteiger partial charge on any atom is 0.407 e. The number of amides is 2. The second-order valence-corrected chi connectivity index (χ2v) is 10.4. The Hall–Kier alpha value is -3.35. The van der Waals surface area contributed by atoms with Crippen LogP contribution in [0.1, 0.15) is 49.7 Å². The van der Waals surface area contributed by atoms with Crippen LogP contribution in [0.25, 0.3) is 11.1 Å². The number of carboxylic acids is 1. The third-order valence-corrected chi connectivity index (χ3v) is 7.96. The number of rotatable bonds is 8. The number of fused-ring (bicyclic) bond motifs is 3. The number of aliphatic carboxylic acids is 1. The molecule has 2 unspecified atom stereocenters. The fraction of sp³-hybridized carbons (Fsp3) is 0.464. The first-order chi connectivity index (χ1) is 16.9. The molecule has 184 valence electrons. The molecule has 1 aliphatic heterocycles. The number of ether oxygens (including phenoxy) is 1. The molecule has 2 aromatic rings. The van der Waals surface area contributed by atoms with Gasteiger partial charge in [0.25, 0.3) is 0 Å². The zero-order valence-corrected chi connectivity index (χ0v) is 20.0. The highest BCUT2D eigenvalue weighted by Gasteiger charge is 2.58. The van der Waals surface area contributed by atoms with Crippen molar-refractivity contribution in [3.05, 3.63) is 59.7 Å². The summed E-state index contributed by atoms with van der Waals surface area (Å²) < 4.78 is 5.57. The molecule has 0 aromatic heterocycles. The number of likely N-dealkylation sites (tertiary alicyclic amines) is 1. The summed E-state index contributed by atoms with van der Waals surface area (Å²) in [6.45, 7) is 3.56. The van der Waals surface area contributed by atoms with E-state index in [2.05, 4.69) is 29.6 Å². The zero-order valence-electron chi connectivity index (χ0n) is 20.0. The van der Waals surface area contributed by atoms with E-state index in [1.165, 1.54) is 22.3 Å². The Bertz CT molecular complexity index is 1100. The van der Waals surface area contributed by atoms with Gasteiger partial charge in [0, 0.05) is 37.4 Å². The minimum atomic E-state index is -0.793. The Balaban J connectivity index is 1.06. The number of carbonyl (C=O) groups is 3. The van der Waals surface area contributed by atoms with Gasteiger partial charge in [-0.25, -0.2) is 4.79 Å². The van der Waals surface area contributed by atoms with Crippen molar-refractivity contribution >= 4 is 18.0 Å². The van der Waals surface area contributed by atoms with E-state index in [0.717, 1.165) is 12.8 Å². The molecule has 5 rings (SSSR count). The summed E-state index contributed by atoms with van der Waals surface area (Å²) in [4.78, 5) is 38.3. The maximum absolute atomic E-state index is 12.7. The molecular formula is C28H32N2O5. The van der Waals surface area contributed by atoms with Gasteiger partial charge in [-0.15, -0.1) is 0 Å². The zero-order chi connectivity index (χ0) is 24.6. The summed E-state index contributed by atoms with van der Waals surface area (Å²) in [7, 11) is 0. The Morgan fingerprint density at radius 1 is 1.09 bits per heavy atom. The molecule has 7 nitrogen and oxygen atoms in total. The van der Waals surface area contributed by atoms with E-state index in [1.54, 1.807) is 4.90 Å². The van der Waals surface area contributed by atoms with E-state index in [1.807, 2.05) is 31.2 Å². The molecule has 1 saturated heterocycles. The van der Waals surface area contributed by atoms with Crippen molar-refractivity contribution in [1.29, 1.82) is 0 Å². The molecule has 0 radical (unpaired) electrons. The molecule has 7 heteroatoms. The van der Waals surface area contributed by atoms with Crippen molar-refractivity contribution in [3.8, 4) is 11.1 Å². The molecule has 2 aromatic carbocycles. The summed E-state index contributed by atoms with van der Waals surface area (Å²) in [5.41, 5.74) is 4.55. The molecule has 2 N–H and O–H groups in total. The normalized spacial score (nSPS) is 20.3. The Labute approximate surface area is 205 Å². The highest BCUT2D eigenvalue weighted by Crippen LogP contribution is 2.56. The number of carbonyl (C=O) groups excluding carboxylic acids is 2. The SMILES string of the molecule is CC(CCNC(=O)OCC1c2ccccc2-c2ccccc21)CC(=O)N1CC(C(=O)O)C2(CC2)C1. The lowest BCUT2D eigenvalue weighted by Gasteiger charge is -2.19. The number of hydrogen-bond donors (Lipinski definition) is 2. The standard InChI is InChI=1S/C28H32N2O5/c1-18(14-25(31)30-15-24(26(32)33)28(17-30)11-12-28)10-13-29-27(34)35-16-23-21-8-4-2-6-19(21)20-7-3-5-9-22(20)23/h2-9,18,23-24H,10-17H2,1H3,(H,29,34)(H,32,33). The van der Waals surface area contributed by atoms with Crippen molar-refractivity contribution in [2.75, 3.05) is 26.2 Å². The van der Waals surface area contributed by atoms with Gasteiger partial charge < -0.3 is 20.1 Å². The monoisotopic (exact) mass is 476 g/mol. The third kappa shape index (κ3) is 4.64. The first-order valence-corrected chi connectivity index (χ1v) is 12.5. The quantitative estimate of drug-likeness (QED) is 0.593. The summed E-state index contributed by atoms with van der Waals surface area (Å²) in [5, 5.41) is 12.3. The fourth-order valence-electron chi connectivity index (χ4n) is 5.77. The van der Waals surface area contributed by atoms with Gasteiger partial charge in [-0.2, -0.15) is 0 Å². The van der Waals surface area contributed by atoms with Crippen LogP contribution in [0.15, 0.2) is 48.5 Å². The number of carboxylic acid groups (broad SMARTS) is 1. The van der Waals surface area contributed by atoms with Crippen molar-refractivity contribution in [3.63, 3.8) is 0 Å². The van der Waals surface area contributed by atoms with Gasteiger partial charge in [0.05, 0.1) is 5.92 Å². The number of alkyl carbamates (subject to hydrolysis) is 1. The fourth-order valence-corrected chi connectivity index (χ4v) is 5.77. The van der Waals surface area contributed by atoms with Gasteiger partial charge in [0.1, 0.15) is 6.61 Å². The van der Waals surface area contributed by atoms with Crippen LogP contribution in [-0.2, 0) is 14.3 Å². The molecule has 1 saturated carbocycles. The van der Waals surface area contributed by atoms with Gasteiger partial charge in [-0.3, -0.25) is 9.59 Å². The van der Waals surface area contributed by atoms with Crippen LogP contribution in [-0.4, -0.2) is 54.2 Å². The largest absolute Gasteiger partial charge is 0.481 e. The highest BCUT2D eigenvalue weighted by atomic mass is 16.5. The first kappa shape index (κ1) is 23.4. The average molecular weight is 477 g/mol. The highest BCUT2D eigenvalue weighted by molar-refractivity contribution is 5.80. The molecule has 2 aliphatic carbocycles. The van der Waals surface area contributed by atoms with Crippen molar-refractivity contribution in [2.24, 2.45) is 17.3 Å². The molecule has 2 atom stereocenters. The summed E-state index contributed by atoms with van der Waals surface area (Å²) in [5.74, 6) is -1.12. The van der Waals surface area contributed by atoms with Crippen LogP contribution >= 0.6 is 0 Å². The van der Waals surface area contributed by atoms with E-state index in [0.29, 0.717) is 32.5 Å². The van der Waals surface area contributed by atoms with Gasteiger partial charge in [0.2, 0.25) is 5.91 Å². The van der Waals surface area contributed by atoms with Gasteiger partial charge in [0.15, 0.2) is 0 Å². The van der Waals surface area contributed by atoms with E-state index in [4.69, 9.17) is 4.74 Å². The lowest BCUT2D eigenvalue weighted by atomic mass is 9.93. The second-order valence-electron chi connectivity index (χ2n) is 10.4. The second kappa shape index (κ2) is 9.36. The molecule has 1 spiro atoms. The summed E-state index contributed by atoms with van der Waals surface area (Å²) in [6, 6.07) is 16.4. The summed E-state index contributed by atoms with van der Waals surface area (Å²) >= 11 is 0. The van der Waals surface area contributed by atoms with E-state index in [-0.39, 0.29) is 29.8 Å². The van der Waals surface area contributed by atoms with Crippen LogP contribution in [0.4, 0.5) is 4.79 Å². The van der Waals surface area contributed by atoms with Crippen molar-refractivity contribution in [1.82, 2.24) is 10.2 Å². The molecule has 35 heavy (non-hydrogen) atoms. The van der Waals surface area contributed by atoms with Crippen molar-refractivity contribution in [2.45, 2.75) is 38.5 Å². The van der Waals surface area contributed by atoms with Gasteiger partial charge in [-0.1, -0.05) is 55.5 Å². The molecule has 2 amide bonds. The van der Waals surface area contributed by atoms with Crippen LogP contribution in [0.5, 0.6) is 0 Å².